The van der Waals surface area contributed by atoms with E-state index in [1.54, 1.807) is 18.2 Å². The van der Waals surface area contributed by atoms with Crippen molar-refractivity contribution in [3.8, 4) is 11.6 Å². The number of halogens is 2. The number of ether oxygens (including phenoxy) is 1. The van der Waals surface area contributed by atoms with Crippen LogP contribution in [0.15, 0.2) is 18.2 Å². The molecule has 4 nitrogen and oxygen atoms in total. The smallest absolute Gasteiger partial charge is 0.243 e. The molecule has 112 valence electrons. The van der Waals surface area contributed by atoms with Gasteiger partial charge in [-0.1, -0.05) is 43.1 Å². The Morgan fingerprint density at radius 1 is 1.10 bits per heavy atom. The zero-order chi connectivity index (χ0) is 15.4. The Morgan fingerprint density at radius 2 is 1.86 bits per heavy atom. The van der Waals surface area contributed by atoms with Crippen LogP contribution in [0.4, 0.5) is 0 Å². The predicted molar refractivity (Wildman–Crippen MR) is 85.2 cm³/mol. The van der Waals surface area contributed by atoms with Gasteiger partial charge < -0.3 is 10.5 Å². The monoisotopic (exact) mass is 325 g/mol. The summed E-state index contributed by atoms with van der Waals surface area (Å²) in [6.07, 6.45) is 1.63. The number of hydrogen-bond donors (Lipinski definition) is 1. The van der Waals surface area contributed by atoms with Crippen LogP contribution in [0.1, 0.15) is 30.7 Å². The molecule has 0 spiro atoms. The Bertz CT molecular complexity index is 647. The summed E-state index contributed by atoms with van der Waals surface area (Å²) in [6, 6.07) is 5.19. The largest absolute Gasteiger partial charge is 0.436 e. The second-order valence-corrected chi connectivity index (χ2v) is 5.26. The molecule has 0 saturated carbocycles. The summed E-state index contributed by atoms with van der Waals surface area (Å²) in [4.78, 5) is 0. The van der Waals surface area contributed by atoms with Gasteiger partial charge in [0.15, 0.2) is 0 Å². The molecule has 0 atom stereocenters. The highest BCUT2D eigenvalue weighted by Crippen LogP contribution is 2.35. The van der Waals surface area contributed by atoms with E-state index in [-0.39, 0.29) is 0 Å². The molecule has 0 bridgehead atoms. The van der Waals surface area contributed by atoms with E-state index in [2.05, 4.69) is 17.1 Å². The Kier molecular flexibility index (Phi) is 5.39. The van der Waals surface area contributed by atoms with Gasteiger partial charge in [-0.2, -0.15) is 5.10 Å². The van der Waals surface area contributed by atoms with E-state index < -0.39 is 0 Å². The lowest BCUT2D eigenvalue weighted by Gasteiger charge is -2.15. The second kappa shape index (κ2) is 7.07. The van der Waals surface area contributed by atoms with Gasteiger partial charge in [-0.3, -0.25) is 0 Å². The molecule has 2 rings (SSSR count). The highest BCUT2D eigenvalue weighted by atomic mass is 35.5. The van der Waals surface area contributed by atoms with Gasteiger partial charge in [-0.05, 0) is 30.5 Å². The summed E-state index contributed by atoms with van der Waals surface area (Å²) in [6.45, 7) is 4.43. The van der Waals surface area contributed by atoms with Crippen LogP contribution in [0.5, 0.6) is 11.6 Å². The lowest BCUT2D eigenvalue weighted by atomic mass is 10.0. The van der Waals surface area contributed by atoms with Crippen LogP contribution in [-0.2, 0) is 19.4 Å². The zero-order valence-electron chi connectivity index (χ0n) is 12.0. The maximum Gasteiger partial charge on any atom is 0.243 e. The van der Waals surface area contributed by atoms with Crippen LogP contribution >= 0.6 is 23.2 Å². The number of hydrogen-bond acceptors (Lipinski definition) is 4. The zero-order valence-corrected chi connectivity index (χ0v) is 13.5. The average molecular weight is 326 g/mol. The van der Waals surface area contributed by atoms with Crippen molar-refractivity contribution in [2.45, 2.75) is 33.2 Å². The van der Waals surface area contributed by atoms with Gasteiger partial charge in [-0.25, -0.2) is 0 Å². The first-order chi connectivity index (χ1) is 10.1. The van der Waals surface area contributed by atoms with Crippen LogP contribution in [0.25, 0.3) is 0 Å². The first-order valence-electron chi connectivity index (χ1n) is 6.81. The van der Waals surface area contributed by atoms with Gasteiger partial charge in [0, 0.05) is 12.1 Å². The number of benzene rings is 1. The van der Waals surface area contributed by atoms with E-state index >= 15 is 0 Å². The van der Waals surface area contributed by atoms with Crippen molar-refractivity contribution < 1.29 is 4.74 Å². The van der Waals surface area contributed by atoms with Crippen LogP contribution in [0.3, 0.4) is 0 Å². The Labute approximate surface area is 134 Å². The first kappa shape index (κ1) is 16.0. The van der Waals surface area contributed by atoms with Gasteiger partial charge in [0.05, 0.1) is 10.7 Å². The molecule has 1 aromatic heterocycles. The van der Waals surface area contributed by atoms with E-state index in [4.69, 9.17) is 33.7 Å². The molecular formula is C15H17Cl2N3O. The summed E-state index contributed by atoms with van der Waals surface area (Å²) in [5.74, 6) is 0.829. The van der Waals surface area contributed by atoms with E-state index in [0.717, 1.165) is 29.7 Å². The molecule has 6 heteroatoms. The third-order valence-electron chi connectivity index (χ3n) is 3.25. The molecule has 21 heavy (non-hydrogen) atoms. The normalized spacial score (nSPS) is 10.7. The molecule has 2 aromatic rings. The second-order valence-electron chi connectivity index (χ2n) is 4.47. The summed E-state index contributed by atoms with van der Waals surface area (Å²) in [5.41, 5.74) is 8.76. The van der Waals surface area contributed by atoms with Crippen molar-refractivity contribution in [3.05, 3.63) is 45.1 Å². The minimum atomic E-state index is 0.333. The molecule has 0 amide bonds. The Morgan fingerprint density at radius 3 is 2.48 bits per heavy atom. The van der Waals surface area contributed by atoms with Crippen LogP contribution < -0.4 is 10.5 Å². The molecule has 2 N–H and O–H groups in total. The van der Waals surface area contributed by atoms with Crippen molar-refractivity contribution in [1.82, 2.24) is 10.2 Å². The van der Waals surface area contributed by atoms with Crippen molar-refractivity contribution in [3.63, 3.8) is 0 Å². The van der Waals surface area contributed by atoms with Crippen LogP contribution in [0.2, 0.25) is 10.0 Å². The third-order valence-corrected chi connectivity index (χ3v) is 4.05. The molecule has 0 aliphatic rings. The van der Waals surface area contributed by atoms with Gasteiger partial charge in [0.2, 0.25) is 5.88 Å². The molecule has 0 unspecified atom stereocenters. The quantitative estimate of drug-likeness (QED) is 0.896. The lowest BCUT2D eigenvalue weighted by molar-refractivity contribution is 0.445. The highest BCUT2D eigenvalue weighted by molar-refractivity contribution is 6.42. The van der Waals surface area contributed by atoms with Gasteiger partial charge in [0.1, 0.15) is 10.8 Å². The summed E-state index contributed by atoms with van der Waals surface area (Å²) >= 11 is 12.1. The Hall–Kier alpha value is -1.36. The SMILES string of the molecule is CCc1nnc(Oc2cccc(Cl)c2Cl)c(CN)c1CC. The highest BCUT2D eigenvalue weighted by Gasteiger charge is 2.16. The molecule has 0 aliphatic carbocycles. The fraction of sp³-hybridized carbons (Fsp3) is 0.333. The molecule has 0 fully saturated rings. The number of nitrogens with zero attached hydrogens (tertiary/aromatic N) is 2. The molecule has 0 radical (unpaired) electrons. The summed E-state index contributed by atoms with van der Waals surface area (Å²) in [5, 5.41) is 9.14. The third kappa shape index (κ3) is 3.28. The van der Waals surface area contributed by atoms with Crippen molar-refractivity contribution in [2.75, 3.05) is 0 Å². The van der Waals surface area contributed by atoms with Crippen LogP contribution in [0, 0.1) is 0 Å². The van der Waals surface area contributed by atoms with E-state index in [1.165, 1.54) is 0 Å². The molecular weight excluding hydrogens is 309 g/mol. The molecule has 0 saturated heterocycles. The maximum atomic E-state index is 6.13. The lowest BCUT2D eigenvalue weighted by Crippen LogP contribution is -2.10. The molecule has 1 heterocycles. The fourth-order valence-corrected chi connectivity index (χ4v) is 2.52. The topological polar surface area (TPSA) is 61.0 Å². The minimum Gasteiger partial charge on any atom is -0.436 e. The predicted octanol–water partition coefficient (Wildman–Crippen LogP) is 4.16. The van der Waals surface area contributed by atoms with E-state index in [1.807, 2.05) is 6.92 Å². The standard InChI is InChI=1S/C15H17Cl2N3O/c1-3-9-10(8-18)15(20-19-12(9)4-2)21-13-7-5-6-11(16)14(13)17/h5-7H,3-4,8,18H2,1-2H3. The van der Waals surface area contributed by atoms with Gasteiger partial charge in [0.25, 0.3) is 0 Å². The fourth-order valence-electron chi connectivity index (χ4n) is 2.19. The van der Waals surface area contributed by atoms with E-state index in [0.29, 0.717) is 28.2 Å². The number of rotatable bonds is 5. The van der Waals surface area contributed by atoms with Gasteiger partial charge >= 0.3 is 0 Å². The van der Waals surface area contributed by atoms with E-state index in [9.17, 15) is 0 Å². The number of nitrogens with two attached hydrogens (primary N) is 1. The Balaban J connectivity index is 2.47. The first-order valence-corrected chi connectivity index (χ1v) is 7.57. The summed E-state index contributed by atoms with van der Waals surface area (Å²) in [7, 11) is 0. The average Bonchev–Trinajstić information content (AvgIpc) is 2.51. The van der Waals surface area contributed by atoms with Crippen LogP contribution in [-0.4, -0.2) is 10.2 Å². The maximum absolute atomic E-state index is 6.13. The number of aromatic nitrogens is 2. The minimum absolute atomic E-state index is 0.333. The number of aryl methyl sites for hydroxylation is 1. The van der Waals surface area contributed by atoms with Gasteiger partial charge in [-0.15, -0.1) is 5.10 Å². The molecule has 0 aliphatic heterocycles. The van der Waals surface area contributed by atoms with Crippen molar-refractivity contribution in [2.24, 2.45) is 5.73 Å². The van der Waals surface area contributed by atoms with Crippen molar-refractivity contribution in [1.29, 1.82) is 0 Å². The summed E-state index contributed by atoms with van der Waals surface area (Å²) < 4.78 is 5.78. The molecule has 1 aromatic carbocycles. The van der Waals surface area contributed by atoms with Crippen molar-refractivity contribution >= 4 is 23.2 Å².